The summed E-state index contributed by atoms with van der Waals surface area (Å²) in [6.07, 6.45) is 0. The molecule has 0 fully saturated rings. The first kappa shape index (κ1) is 15.2. The van der Waals surface area contributed by atoms with E-state index in [9.17, 15) is 0 Å². The van der Waals surface area contributed by atoms with E-state index in [2.05, 4.69) is 52.4 Å². The van der Waals surface area contributed by atoms with Crippen molar-refractivity contribution in [1.29, 1.82) is 0 Å². The van der Waals surface area contributed by atoms with Crippen LogP contribution >= 0.6 is 0 Å². The van der Waals surface area contributed by atoms with Gasteiger partial charge in [0.15, 0.2) is 5.82 Å². The van der Waals surface area contributed by atoms with E-state index in [1.54, 1.807) is 0 Å². The van der Waals surface area contributed by atoms with E-state index in [1.807, 2.05) is 37.6 Å². The Hall–Kier alpha value is -2.69. The number of rotatable bonds is 3. The molecule has 3 rings (SSSR count). The van der Waals surface area contributed by atoms with E-state index in [0.717, 1.165) is 28.7 Å². The molecule has 2 heterocycles. The van der Waals surface area contributed by atoms with Crippen molar-refractivity contribution in [1.82, 2.24) is 19.7 Å². The average Bonchev–Trinajstić information content (AvgIpc) is 2.81. The van der Waals surface area contributed by atoms with Gasteiger partial charge in [-0.15, -0.1) is 0 Å². The van der Waals surface area contributed by atoms with Gasteiger partial charge in [0.05, 0.1) is 5.69 Å². The molecule has 23 heavy (non-hydrogen) atoms. The summed E-state index contributed by atoms with van der Waals surface area (Å²) in [5.74, 6) is 2.26. The standard InChI is InChI=1S/C18H21N5/c1-11-6-7-12(2)16(8-11)21-17-10-18(20-15(5)19-17)23-14(4)9-13(3)22-23/h6-10H,1-5H3,(H,19,20,21). The predicted molar refractivity (Wildman–Crippen MR) is 92.6 cm³/mol. The molecular weight excluding hydrogens is 286 g/mol. The molecule has 0 unspecified atom stereocenters. The van der Waals surface area contributed by atoms with Gasteiger partial charge in [-0.25, -0.2) is 14.6 Å². The Morgan fingerprint density at radius 1 is 0.913 bits per heavy atom. The molecular formula is C18H21N5. The topological polar surface area (TPSA) is 55.6 Å². The van der Waals surface area contributed by atoms with E-state index in [1.165, 1.54) is 11.1 Å². The molecule has 0 atom stereocenters. The lowest BCUT2D eigenvalue weighted by Gasteiger charge is -2.12. The molecule has 1 aromatic carbocycles. The third-order valence-corrected chi connectivity index (χ3v) is 3.71. The monoisotopic (exact) mass is 307 g/mol. The molecule has 2 aromatic heterocycles. The molecule has 118 valence electrons. The molecule has 0 saturated carbocycles. The highest BCUT2D eigenvalue weighted by Crippen LogP contribution is 2.22. The maximum absolute atomic E-state index is 4.51. The zero-order valence-corrected chi connectivity index (χ0v) is 14.2. The minimum absolute atomic E-state index is 0.711. The Labute approximate surface area is 136 Å². The molecule has 0 spiro atoms. The Morgan fingerprint density at radius 3 is 2.39 bits per heavy atom. The van der Waals surface area contributed by atoms with Crippen LogP contribution in [0.3, 0.4) is 0 Å². The average molecular weight is 307 g/mol. The highest BCUT2D eigenvalue weighted by molar-refractivity contribution is 5.62. The van der Waals surface area contributed by atoms with Crippen molar-refractivity contribution in [2.75, 3.05) is 5.32 Å². The molecule has 1 N–H and O–H groups in total. The number of anilines is 2. The highest BCUT2D eigenvalue weighted by Gasteiger charge is 2.09. The van der Waals surface area contributed by atoms with Crippen molar-refractivity contribution >= 4 is 11.5 Å². The summed E-state index contributed by atoms with van der Waals surface area (Å²) in [6.45, 7) is 10.1. The fourth-order valence-corrected chi connectivity index (χ4v) is 2.59. The number of nitrogens with one attached hydrogen (secondary N) is 1. The summed E-state index contributed by atoms with van der Waals surface area (Å²) in [4.78, 5) is 9.01. The quantitative estimate of drug-likeness (QED) is 0.796. The second-order valence-electron chi connectivity index (χ2n) is 5.94. The summed E-state index contributed by atoms with van der Waals surface area (Å²) < 4.78 is 1.85. The molecule has 0 aliphatic heterocycles. The van der Waals surface area contributed by atoms with Crippen molar-refractivity contribution in [3.63, 3.8) is 0 Å². The van der Waals surface area contributed by atoms with Gasteiger partial charge in [-0.05, 0) is 57.9 Å². The zero-order valence-electron chi connectivity index (χ0n) is 14.2. The highest BCUT2D eigenvalue weighted by atomic mass is 15.3. The Morgan fingerprint density at radius 2 is 1.70 bits per heavy atom. The van der Waals surface area contributed by atoms with Gasteiger partial charge in [-0.1, -0.05) is 12.1 Å². The van der Waals surface area contributed by atoms with Crippen molar-refractivity contribution in [2.24, 2.45) is 0 Å². The molecule has 0 aliphatic carbocycles. The SMILES string of the molecule is Cc1ccc(C)c(Nc2cc(-n3nc(C)cc3C)nc(C)n2)c1. The minimum Gasteiger partial charge on any atom is -0.340 e. The second-order valence-corrected chi connectivity index (χ2v) is 5.94. The molecule has 0 saturated heterocycles. The lowest BCUT2D eigenvalue weighted by molar-refractivity contribution is 0.794. The lowest BCUT2D eigenvalue weighted by atomic mass is 10.1. The molecule has 0 radical (unpaired) electrons. The van der Waals surface area contributed by atoms with Crippen molar-refractivity contribution in [2.45, 2.75) is 34.6 Å². The van der Waals surface area contributed by atoms with Crippen LogP contribution in [0.1, 0.15) is 28.3 Å². The van der Waals surface area contributed by atoms with Crippen LogP contribution in [0.5, 0.6) is 0 Å². The molecule has 0 aliphatic rings. The summed E-state index contributed by atoms with van der Waals surface area (Å²) >= 11 is 0. The number of aryl methyl sites for hydroxylation is 5. The van der Waals surface area contributed by atoms with Crippen molar-refractivity contribution in [3.05, 3.63) is 58.7 Å². The van der Waals surface area contributed by atoms with Crippen LogP contribution in [0.15, 0.2) is 30.3 Å². The maximum Gasteiger partial charge on any atom is 0.159 e. The minimum atomic E-state index is 0.711. The third kappa shape index (κ3) is 3.23. The Kier molecular flexibility index (Phi) is 3.86. The largest absolute Gasteiger partial charge is 0.340 e. The number of aromatic nitrogens is 4. The van der Waals surface area contributed by atoms with Gasteiger partial charge in [0, 0.05) is 17.4 Å². The zero-order chi connectivity index (χ0) is 16.6. The van der Waals surface area contributed by atoms with Crippen LogP contribution in [0.25, 0.3) is 5.82 Å². The second kappa shape index (κ2) is 5.83. The first-order valence-corrected chi connectivity index (χ1v) is 7.66. The van der Waals surface area contributed by atoms with E-state index in [0.29, 0.717) is 5.82 Å². The van der Waals surface area contributed by atoms with Gasteiger partial charge >= 0.3 is 0 Å². The summed E-state index contributed by atoms with van der Waals surface area (Å²) in [5.41, 5.74) is 5.48. The van der Waals surface area contributed by atoms with Crippen LogP contribution < -0.4 is 5.32 Å². The van der Waals surface area contributed by atoms with Crippen LogP contribution in [0.2, 0.25) is 0 Å². The van der Waals surface area contributed by atoms with Gasteiger partial charge in [-0.2, -0.15) is 5.10 Å². The van der Waals surface area contributed by atoms with Crippen LogP contribution in [-0.4, -0.2) is 19.7 Å². The molecule has 0 bridgehead atoms. The van der Waals surface area contributed by atoms with E-state index in [-0.39, 0.29) is 0 Å². The summed E-state index contributed by atoms with van der Waals surface area (Å²) in [6, 6.07) is 10.3. The molecule has 5 nitrogen and oxygen atoms in total. The number of hydrogen-bond donors (Lipinski definition) is 1. The molecule has 0 amide bonds. The van der Waals surface area contributed by atoms with E-state index >= 15 is 0 Å². The smallest absolute Gasteiger partial charge is 0.159 e. The number of benzene rings is 1. The van der Waals surface area contributed by atoms with E-state index < -0.39 is 0 Å². The Balaban J connectivity index is 2.01. The molecule has 5 heteroatoms. The van der Waals surface area contributed by atoms with Crippen LogP contribution in [0.4, 0.5) is 11.5 Å². The summed E-state index contributed by atoms with van der Waals surface area (Å²) in [5, 5.41) is 7.90. The first-order chi connectivity index (χ1) is 10.9. The van der Waals surface area contributed by atoms with E-state index in [4.69, 9.17) is 0 Å². The van der Waals surface area contributed by atoms with Crippen molar-refractivity contribution in [3.8, 4) is 5.82 Å². The van der Waals surface area contributed by atoms with Gasteiger partial charge in [0.25, 0.3) is 0 Å². The summed E-state index contributed by atoms with van der Waals surface area (Å²) in [7, 11) is 0. The van der Waals surface area contributed by atoms with Crippen molar-refractivity contribution < 1.29 is 0 Å². The number of nitrogens with zero attached hydrogens (tertiary/aromatic N) is 4. The maximum atomic E-state index is 4.51. The number of hydrogen-bond acceptors (Lipinski definition) is 4. The third-order valence-electron chi connectivity index (χ3n) is 3.71. The van der Waals surface area contributed by atoms with Gasteiger partial charge in [0.2, 0.25) is 0 Å². The van der Waals surface area contributed by atoms with Crippen LogP contribution in [-0.2, 0) is 0 Å². The predicted octanol–water partition coefficient (Wildman–Crippen LogP) is 3.95. The van der Waals surface area contributed by atoms with Crippen LogP contribution in [0, 0.1) is 34.6 Å². The lowest BCUT2D eigenvalue weighted by Crippen LogP contribution is -2.06. The fraction of sp³-hybridized carbons (Fsp3) is 0.278. The van der Waals surface area contributed by atoms with Gasteiger partial charge in [0.1, 0.15) is 11.6 Å². The molecule has 3 aromatic rings. The normalized spacial score (nSPS) is 10.8. The van der Waals surface area contributed by atoms with Gasteiger partial charge < -0.3 is 5.32 Å². The Bertz CT molecular complexity index is 864. The fourth-order valence-electron chi connectivity index (χ4n) is 2.59. The van der Waals surface area contributed by atoms with Gasteiger partial charge in [-0.3, -0.25) is 0 Å². The first-order valence-electron chi connectivity index (χ1n) is 7.66.